The van der Waals surface area contributed by atoms with Crippen LogP contribution in [0.1, 0.15) is 18.9 Å². The zero-order valence-electron chi connectivity index (χ0n) is 9.15. The minimum Gasteiger partial charge on any atom is -0.409 e. The topological polar surface area (TPSA) is 70.6 Å². The second-order valence-corrected chi connectivity index (χ2v) is 3.87. The minimum absolute atomic E-state index is 0.138. The number of nitrogens with two attached hydrogens (primary N) is 1. The van der Waals surface area contributed by atoms with Gasteiger partial charge in [-0.05, 0) is 18.1 Å². The molecule has 4 nitrogen and oxygen atoms in total. The number of hydrogen-bond acceptors (Lipinski definition) is 3. The van der Waals surface area contributed by atoms with Crippen molar-refractivity contribution < 1.29 is 5.21 Å². The second-order valence-electron chi connectivity index (χ2n) is 3.46. The molecule has 0 spiro atoms. The van der Waals surface area contributed by atoms with Gasteiger partial charge in [0.25, 0.3) is 0 Å². The number of hydrogen-bond donors (Lipinski definition) is 3. The van der Waals surface area contributed by atoms with E-state index in [0.29, 0.717) is 11.6 Å². The van der Waals surface area contributed by atoms with Gasteiger partial charge in [-0.25, -0.2) is 0 Å². The number of nitrogens with zero attached hydrogens (tertiary/aromatic N) is 1. The van der Waals surface area contributed by atoms with Gasteiger partial charge in [0, 0.05) is 11.6 Å². The summed E-state index contributed by atoms with van der Waals surface area (Å²) in [5, 5.41) is 15.5. The van der Waals surface area contributed by atoms with Crippen molar-refractivity contribution in [3.8, 4) is 0 Å². The Morgan fingerprint density at radius 2 is 2.25 bits per heavy atom. The number of nitrogens with one attached hydrogen (secondary N) is 1. The Morgan fingerprint density at radius 3 is 2.81 bits per heavy atom. The van der Waals surface area contributed by atoms with Gasteiger partial charge in [-0.3, -0.25) is 0 Å². The number of rotatable bonds is 5. The molecular weight excluding hydrogens is 226 g/mol. The first-order chi connectivity index (χ1) is 7.69. The van der Waals surface area contributed by atoms with Gasteiger partial charge in [-0.2, -0.15) is 0 Å². The highest BCUT2D eigenvalue weighted by molar-refractivity contribution is 6.31. The van der Waals surface area contributed by atoms with E-state index < -0.39 is 0 Å². The van der Waals surface area contributed by atoms with Crippen molar-refractivity contribution >= 4 is 17.4 Å². The minimum atomic E-state index is -0.138. The zero-order valence-corrected chi connectivity index (χ0v) is 9.91. The summed E-state index contributed by atoms with van der Waals surface area (Å²) in [7, 11) is 0. The maximum Gasteiger partial charge on any atom is 0.156 e. The fourth-order valence-electron chi connectivity index (χ4n) is 1.40. The number of oxime groups is 1. The van der Waals surface area contributed by atoms with Gasteiger partial charge in [0.1, 0.15) is 0 Å². The maximum atomic E-state index is 8.58. The van der Waals surface area contributed by atoms with E-state index in [4.69, 9.17) is 22.5 Å². The average molecular weight is 242 g/mol. The Labute approximate surface area is 100 Å². The number of benzene rings is 1. The van der Waals surface area contributed by atoms with E-state index in [1.165, 1.54) is 0 Å². The highest BCUT2D eigenvalue weighted by Gasteiger charge is 2.11. The van der Waals surface area contributed by atoms with Crippen LogP contribution in [0.3, 0.4) is 0 Å². The largest absolute Gasteiger partial charge is 0.409 e. The van der Waals surface area contributed by atoms with Crippen LogP contribution in [0.15, 0.2) is 29.4 Å². The fourth-order valence-corrected chi connectivity index (χ4v) is 1.61. The van der Waals surface area contributed by atoms with Crippen LogP contribution in [0.5, 0.6) is 0 Å². The molecule has 1 aromatic carbocycles. The SMILES string of the molecule is CCC(NCc1ccccc1Cl)C(N)=NO. The molecule has 1 atom stereocenters. The van der Waals surface area contributed by atoms with Crippen LogP contribution in [0.25, 0.3) is 0 Å². The monoisotopic (exact) mass is 241 g/mol. The molecule has 0 heterocycles. The van der Waals surface area contributed by atoms with Gasteiger partial charge in [-0.1, -0.05) is 41.9 Å². The third kappa shape index (κ3) is 3.40. The lowest BCUT2D eigenvalue weighted by Gasteiger charge is -2.15. The van der Waals surface area contributed by atoms with Crippen LogP contribution < -0.4 is 11.1 Å². The standard InChI is InChI=1S/C11H16ClN3O/c1-2-10(11(13)15-16)14-7-8-5-3-4-6-9(8)12/h3-6,10,14,16H,2,7H2,1H3,(H2,13,15). The summed E-state index contributed by atoms with van der Waals surface area (Å²) in [5.41, 5.74) is 6.53. The van der Waals surface area contributed by atoms with Crippen LogP contribution in [-0.4, -0.2) is 17.1 Å². The molecule has 0 saturated heterocycles. The molecular formula is C11H16ClN3O. The lowest BCUT2D eigenvalue weighted by Crippen LogP contribution is -2.40. The zero-order chi connectivity index (χ0) is 12.0. The molecule has 88 valence electrons. The molecule has 1 unspecified atom stereocenters. The summed E-state index contributed by atoms with van der Waals surface area (Å²) >= 11 is 6.01. The summed E-state index contributed by atoms with van der Waals surface area (Å²) in [5.74, 6) is 0.189. The third-order valence-corrected chi connectivity index (χ3v) is 2.75. The van der Waals surface area contributed by atoms with Crippen molar-refractivity contribution in [1.82, 2.24) is 5.32 Å². The lowest BCUT2D eigenvalue weighted by atomic mass is 10.1. The van der Waals surface area contributed by atoms with Gasteiger partial charge < -0.3 is 16.3 Å². The van der Waals surface area contributed by atoms with Gasteiger partial charge in [0.05, 0.1) is 6.04 Å². The molecule has 1 aromatic rings. The van der Waals surface area contributed by atoms with Gasteiger partial charge in [-0.15, -0.1) is 0 Å². The van der Waals surface area contributed by atoms with E-state index in [2.05, 4.69) is 10.5 Å². The Kier molecular flexibility index (Phi) is 5.08. The van der Waals surface area contributed by atoms with E-state index in [0.717, 1.165) is 12.0 Å². The number of amidine groups is 1. The highest BCUT2D eigenvalue weighted by atomic mass is 35.5. The fraction of sp³-hybridized carbons (Fsp3) is 0.364. The second kappa shape index (κ2) is 6.35. The maximum absolute atomic E-state index is 8.58. The molecule has 0 aliphatic carbocycles. The summed E-state index contributed by atoms with van der Waals surface area (Å²) in [6, 6.07) is 7.44. The van der Waals surface area contributed by atoms with Crippen LogP contribution in [0, 0.1) is 0 Å². The summed E-state index contributed by atoms with van der Waals surface area (Å²) in [6.07, 6.45) is 0.750. The summed E-state index contributed by atoms with van der Waals surface area (Å²) in [6.45, 7) is 2.55. The molecule has 0 aliphatic rings. The third-order valence-electron chi connectivity index (χ3n) is 2.38. The van der Waals surface area contributed by atoms with Crippen molar-refractivity contribution in [1.29, 1.82) is 0 Å². The highest BCUT2D eigenvalue weighted by Crippen LogP contribution is 2.14. The van der Waals surface area contributed by atoms with Crippen LogP contribution in [0.2, 0.25) is 5.02 Å². The van der Waals surface area contributed by atoms with Crippen LogP contribution in [-0.2, 0) is 6.54 Å². The summed E-state index contributed by atoms with van der Waals surface area (Å²) < 4.78 is 0. The van der Waals surface area contributed by atoms with Crippen molar-refractivity contribution in [2.45, 2.75) is 25.9 Å². The Hall–Kier alpha value is -1.26. The molecule has 0 bridgehead atoms. The van der Waals surface area contributed by atoms with Crippen molar-refractivity contribution in [3.63, 3.8) is 0 Å². The molecule has 0 aromatic heterocycles. The molecule has 0 saturated carbocycles. The van der Waals surface area contributed by atoms with E-state index in [-0.39, 0.29) is 11.9 Å². The quantitative estimate of drug-likeness (QED) is 0.319. The van der Waals surface area contributed by atoms with Crippen molar-refractivity contribution in [3.05, 3.63) is 34.9 Å². The first kappa shape index (κ1) is 12.8. The van der Waals surface area contributed by atoms with Gasteiger partial charge >= 0.3 is 0 Å². The Morgan fingerprint density at radius 1 is 1.56 bits per heavy atom. The van der Waals surface area contributed by atoms with Crippen LogP contribution in [0.4, 0.5) is 0 Å². The first-order valence-corrected chi connectivity index (χ1v) is 5.51. The smallest absolute Gasteiger partial charge is 0.156 e. The predicted octanol–water partition coefficient (Wildman–Crippen LogP) is 1.95. The predicted molar refractivity (Wildman–Crippen MR) is 65.8 cm³/mol. The normalized spacial score (nSPS) is 13.8. The Bertz CT molecular complexity index is 368. The van der Waals surface area contributed by atoms with E-state index in [1.807, 2.05) is 31.2 Å². The Balaban J connectivity index is 2.60. The molecule has 0 amide bonds. The van der Waals surface area contributed by atoms with Crippen molar-refractivity contribution in [2.24, 2.45) is 10.9 Å². The van der Waals surface area contributed by atoms with E-state index in [9.17, 15) is 0 Å². The summed E-state index contributed by atoms with van der Waals surface area (Å²) in [4.78, 5) is 0. The first-order valence-electron chi connectivity index (χ1n) is 5.13. The molecule has 1 rings (SSSR count). The van der Waals surface area contributed by atoms with Crippen molar-refractivity contribution in [2.75, 3.05) is 0 Å². The van der Waals surface area contributed by atoms with Gasteiger partial charge in [0.2, 0.25) is 0 Å². The molecule has 16 heavy (non-hydrogen) atoms. The molecule has 5 heteroatoms. The average Bonchev–Trinajstić information content (AvgIpc) is 2.31. The number of halogens is 1. The van der Waals surface area contributed by atoms with Crippen LogP contribution >= 0.6 is 11.6 Å². The molecule has 0 fully saturated rings. The molecule has 4 N–H and O–H groups in total. The molecule has 0 radical (unpaired) electrons. The van der Waals surface area contributed by atoms with E-state index in [1.54, 1.807) is 0 Å². The van der Waals surface area contributed by atoms with E-state index >= 15 is 0 Å². The van der Waals surface area contributed by atoms with Gasteiger partial charge in [0.15, 0.2) is 5.84 Å². The lowest BCUT2D eigenvalue weighted by molar-refractivity contribution is 0.314. The molecule has 0 aliphatic heterocycles.